The molecule has 1 heterocycles. The predicted molar refractivity (Wildman–Crippen MR) is 72.1 cm³/mol. The molecule has 0 spiro atoms. The lowest BCUT2D eigenvalue weighted by atomic mass is 10.2. The van der Waals surface area contributed by atoms with Crippen molar-refractivity contribution in [2.75, 3.05) is 12.8 Å². The minimum absolute atomic E-state index is 0.00622. The summed E-state index contributed by atoms with van der Waals surface area (Å²) in [6, 6.07) is 10.3. The van der Waals surface area contributed by atoms with Gasteiger partial charge in [-0.25, -0.2) is 4.98 Å². The summed E-state index contributed by atoms with van der Waals surface area (Å²) in [5.41, 5.74) is 7.82. The number of phenols is 1. The molecule has 0 fully saturated rings. The molecule has 0 aliphatic heterocycles. The maximum Gasteiger partial charge on any atom is 0.227 e. The van der Waals surface area contributed by atoms with Crippen LogP contribution < -0.4 is 10.5 Å². The molecular weight excluding hydrogens is 244 g/mol. The summed E-state index contributed by atoms with van der Waals surface area (Å²) in [6.45, 7) is 0. The van der Waals surface area contributed by atoms with Gasteiger partial charge in [0.15, 0.2) is 11.1 Å². The van der Waals surface area contributed by atoms with E-state index in [0.29, 0.717) is 34.0 Å². The molecule has 0 saturated carbocycles. The molecule has 0 aliphatic rings. The first-order valence-corrected chi connectivity index (χ1v) is 5.71. The number of hydrogen-bond donors (Lipinski definition) is 2. The maximum absolute atomic E-state index is 9.62. The molecule has 0 bridgehead atoms. The number of rotatable bonds is 2. The first-order valence-electron chi connectivity index (χ1n) is 5.71. The summed E-state index contributed by atoms with van der Waals surface area (Å²) in [4.78, 5) is 4.38. The molecule has 5 nitrogen and oxygen atoms in total. The van der Waals surface area contributed by atoms with Crippen molar-refractivity contribution in [1.29, 1.82) is 0 Å². The normalized spacial score (nSPS) is 10.8. The molecule has 0 atom stereocenters. The van der Waals surface area contributed by atoms with Crippen molar-refractivity contribution in [2.24, 2.45) is 0 Å². The maximum atomic E-state index is 9.62. The number of phenolic OH excluding ortho intramolecular Hbond substituents is 1. The number of nitrogens with two attached hydrogens (primary N) is 1. The van der Waals surface area contributed by atoms with Gasteiger partial charge in [-0.2, -0.15) is 0 Å². The molecule has 1 aromatic heterocycles. The van der Waals surface area contributed by atoms with Crippen LogP contribution in [0.4, 0.5) is 5.69 Å². The van der Waals surface area contributed by atoms with Crippen LogP contribution in [-0.2, 0) is 0 Å². The van der Waals surface area contributed by atoms with Crippen molar-refractivity contribution in [1.82, 2.24) is 4.98 Å². The van der Waals surface area contributed by atoms with Crippen molar-refractivity contribution >= 4 is 16.8 Å². The van der Waals surface area contributed by atoms with Crippen LogP contribution in [0.3, 0.4) is 0 Å². The van der Waals surface area contributed by atoms with Gasteiger partial charge in [-0.05, 0) is 30.3 Å². The number of hydrogen-bond acceptors (Lipinski definition) is 5. The van der Waals surface area contributed by atoms with Crippen LogP contribution in [0, 0.1) is 0 Å². The topological polar surface area (TPSA) is 81.5 Å². The van der Waals surface area contributed by atoms with Gasteiger partial charge in [-0.3, -0.25) is 0 Å². The molecule has 5 heteroatoms. The minimum atomic E-state index is 0.00622. The van der Waals surface area contributed by atoms with Gasteiger partial charge in [0.05, 0.1) is 12.8 Å². The zero-order chi connectivity index (χ0) is 13.4. The molecule has 2 aromatic carbocycles. The molecule has 0 radical (unpaired) electrons. The zero-order valence-electron chi connectivity index (χ0n) is 10.3. The largest absolute Gasteiger partial charge is 0.506 e. The van der Waals surface area contributed by atoms with E-state index in [0.717, 1.165) is 0 Å². The molecule has 0 aliphatic carbocycles. The van der Waals surface area contributed by atoms with Gasteiger partial charge in [-0.1, -0.05) is 6.07 Å². The number of nitrogen functional groups attached to an aromatic ring is 1. The Kier molecular flexibility index (Phi) is 2.52. The Labute approximate surface area is 109 Å². The van der Waals surface area contributed by atoms with Gasteiger partial charge < -0.3 is 20.0 Å². The van der Waals surface area contributed by atoms with Gasteiger partial charge in [0, 0.05) is 5.56 Å². The number of para-hydroxylation sites is 1. The summed E-state index contributed by atoms with van der Waals surface area (Å²) in [5, 5.41) is 9.62. The Morgan fingerprint density at radius 1 is 1.26 bits per heavy atom. The lowest BCUT2D eigenvalue weighted by molar-refractivity contribution is 0.419. The van der Waals surface area contributed by atoms with E-state index >= 15 is 0 Å². The van der Waals surface area contributed by atoms with E-state index in [4.69, 9.17) is 14.9 Å². The molecule has 0 saturated heterocycles. The zero-order valence-corrected chi connectivity index (χ0v) is 10.3. The second kappa shape index (κ2) is 4.20. The van der Waals surface area contributed by atoms with Crippen LogP contribution in [0.25, 0.3) is 22.6 Å². The lowest BCUT2D eigenvalue weighted by Crippen LogP contribution is -1.86. The highest BCUT2D eigenvalue weighted by atomic mass is 16.5. The highest BCUT2D eigenvalue weighted by molar-refractivity contribution is 5.82. The molecule has 19 heavy (non-hydrogen) atoms. The molecular formula is C14H12N2O3. The van der Waals surface area contributed by atoms with Crippen molar-refractivity contribution in [3.63, 3.8) is 0 Å². The molecule has 0 amide bonds. The van der Waals surface area contributed by atoms with E-state index < -0.39 is 0 Å². The van der Waals surface area contributed by atoms with Crippen molar-refractivity contribution in [3.05, 3.63) is 36.4 Å². The third kappa shape index (κ3) is 1.85. The summed E-state index contributed by atoms with van der Waals surface area (Å²) in [6.07, 6.45) is 0. The van der Waals surface area contributed by atoms with Crippen LogP contribution in [0.1, 0.15) is 0 Å². The molecule has 96 valence electrons. The van der Waals surface area contributed by atoms with Crippen molar-refractivity contribution in [2.45, 2.75) is 0 Å². The Hall–Kier alpha value is -2.69. The number of methoxy groups -OCH3 is 1. The number of nitrogens with zero attached hydrogens (tertiary/aromatic N) is 1. The second-order valence-corrected chi connectivity index (χ2v) is 4.10. The van der Waals surface area contributed by atoms with Gasteiger partial charge in [0.1, 0.15) is 11.5 Å². The first-order chi connectivity index (χ1) is 9.19. The molecule has 3 N–H and O–H groups in total. The average molecular weight is 256 g/mol. The number of anilines is 1. The van der Waals surface area contributed by atoms with Crippen LogP contribution in [0.5, 0.6) is 11.5 Å². The highest BCUT2D eigenvalue weighted by Crippen LogP contribution is 2.32. The fourth-order valence-electron chi connectivity index (χ4n) is 1.89. The quantitative estimate of drug-likeness (QED) is 0.544. The Balaban J connectivity index is 2.17. The van der Waals surface area contributed by atoms with Crippen LogP contribution in [0.2, 0.25) is 0 Å². The van der Waals surface area contributed by atoms with E-state index in [9.17, 15) is 5.11 Å². The summed E-state index contributed by atoms with van der Waals surface area (Å²) in [7, 11) is 1.58. The van der Waals surface area contributed by atoms with E-state index in [-0.39, 0.29) is 5.75 Å². The van der Waals surface area contributed by atoms with E-state index in [2.05, 4.69) is 4.98 Å². The lowest BCUT2D eigenvalue weighted by Gasteiger charge is -1.99. The SMILES string of the molecule is COc1cccc2oc(-c3ccc(N)c(O)c3)nc12. The van der Waals surface area contributed by atoms with Gasteiger partial charge in [0.25, 0.3) is 0 Å². The number of oxazole rings is 1. The number of aromatic hydroxyl groups is 1. The predicted octanol–water partition coefficient (Wildman–Crippen LogP) is 2.79. The summed E-state index contributed by atoms with van der Waals surface area (Å²) < 4.78 is 10.9. The Morgan fingerprint density at radius 2 is 2.11 bits per heavy atom. The number of aromatic nitrogens is 1. The standard InChI is InChI=1S/C14H12N2O3/c1-18-11-3-2-4-12-13(11)16-14(19-12)8-5-6-9(15)10(17)7-8/h2-7,17H,15H2,1H3. The van der Waals surface area contributed by atoms with Crippen molar-refractivity contribution in [3.8, 4) is 23.0 Å². The number of fused-ring (bicyclic) bond motifs is 1. The van der Waals surface area contributed by atoms with E-state index in [1.165, 1.54) is 6.07 Å². The average Bonchev–Trinajstić information content (AvgIpc) is 2.85. The molecule has 3 rings (SSSR count). The second-order valence-electron chi connectivity index (χ2n) is 4.10. The van der Waals surface area contributed by atoms with E-state index in [1.807, 2.05) is 18.2 Å². The third-order valence-electron chi connectivity index (χ3n) is 2.88. The summed E-state index contributed by atoms with van der Waals surface area (Å²) in [5.74, 6) is 1.06. The van der Waals surface area contributed by atoms with Crippen LogP contribution >= 0.6 is 0 Å². The monoisotopic (exact) mass is 256 g/mol. The van der Waals surface area contributed by atoms with Gasteiger partial charge >= 0.3 is 0 Å². The van der Waals surface area contributed by atoms with Gasteiger partial charge in [0.2, 0.25) is 5.89 Å². The first kappa shape index (κ1) is 11.4. The number of ether oxygens (including phenoxy) is 1. The van der Waals surface area contributed by atoms with Gasteiger partial charge in [-0.15, -0.1) is 0 Å². The van der Waals surface area contributed by atoms with Crippen molar-refractivity contribution < 1.29 is 14.3 Å². The summed E-state index contributed by atoms with van der Waals surface area (Å²) >= 11 is 0. The minimum Gasteiger partial charge on any atom is -0.506 e. The number of benzene rings is 2. The molecule has 0 unspecified atom stereocenters. The fraction of sp³-hybridized carbons (Fsp3) is 0.0714. The Bertz CT molecular complexity index is 750. The smallest absolute Gasteiger partial charge is 0.227 e. The fourth-order valence-corrected chi connectivity index (χ4v) is 1.89. The third-order valence-corrected chi connectivity index (χ3v) is 2.88. The molecule has 3 aromatic rings. The Morgan fingerprint density at radius 3 is 2.84 bits per heavy atom. The van der Waals surface area contributed by atoms with Crippen LogP contribution in [0.15, 0.2) is 40.8 Å². The highest BCUT2D eigenvalue weighted by Gasteiger charge is 2.12. The van der Waals surface area contributed by atoms with E-state index in [1.54, 1.807) is 19.2 Å². The van der Waals surface area contributed by atoms with Crippen LogP contribution in [-0.4, -0.2) is 17.2 Å².